The van der Waals surface area contributed by atoms with Crippen molar-refractivity contribution in [2.24, 2.45) is 0 Å². The van der Waals surface area contributed by atoms with Gasteiger partial charge in [0.2, 0.25) is 0 Å². The highest BCUT2D eigenvalue weighted by molar-refractivity contribution is 6.35. The van der Waals surface area contributed by atoms with Gasteiger partial charge in [0, 0.05) is 10.7 Å². The van der Waals surface area contributed by atoms with Gasteiger partial charge in [0.25, 0.3) is 5.91 Å². The number of amides is 1. The zero-order chi connectivity index (χ0) is 18.5. The zero-order valence-electron chi connectivity index (χ0n) is 14.1. The third-order valence-corrected chi connectivity index (χ3v) is 4.36. The van der Waals surface area contributed by atoms with Crippen molar-refractivity contribution in [1.82, 2.24) is 0 Å². The molecule has 0 aliphatic carbocycles. The summed E-state index contributed by atoms with van der Waals surface area (Å²) in [6.45, 7) is 1.67. The third-order valence-electron chi connectivity index (χ3n) is 3.83. The minimum absolute atomic E-state index is 0.261. The number of anilines is 1. The second kappa shape index (κ2) is 8.26. The number of hydrogen-bond acceptors (Lipinski definition) is 2. The number of ether oxygens (including phenoxy) is 1. The molecule has 0 spiro atoms. The summed E-state index contributed by atoms with van der Waals surface area (Å²) in [5, 5.41) is 3.72. The van der Waals surface area contributed by atoms with Gasteiger partial charge in [0.1, 0.15) is 5.75 Å². The van der Waals surface area contributed by atoms with E-state index in [1.54, 1.807) is 25.1 Å². The summed E-state index contributed by atoms with van der Waals surface area (Å²) in [5.41, 5.74) is 2.91. The van der Waals surface area contributed by atoms with Gasteiger partial charge in [-0.05, 0) is 48.4 Å². The van der Waals surface area contributed by atoms with E-state index in [9.17, 15) is 4.79 Å². The van der Waals surface area contributed by atoms with Crippen molar-refractivity contribution in [2.75, 3.05) is 5.32 Å². The molecule has 1 atom stereocenters. The first-order chi connectivity index (χ1) is 12.5. The summed E-state index contributed by atoms with van der Waals surface area (Å²) in [6, 6.07) is 22.6. The van der Waals surface area contributed by atoms with Crippen LogP contribution in [0.3, 0.4) is 0 Å². The first-order valence-electron chi connectivity index (χ1n) is 8.11. The Morgan fingerprint density at radius 3 is 2.23 bits per heavy atom. The molecule has 26 heavy (non-hydrogen) atoms. The van der Waals surface area contributed by atoms with Crippen LogP contribution in [0.1, 0.15) is 6.92 Å². The Morgan fingerprint density at radius 2 is 1.58 bits per heavy atom. The van der Waals surface area contributed by atoms with Crippen molar-refractivity contribution in [2.45, 2.75) is 13.0 Å². The first-order valence-corrected chi connectivity index (χ1v) is 8.86. The molecular weight excluding hydrogens is 369 g/mol. The molecule has 3 aromatic carbocycles. The predicted octanol–water partition coefficient (Wildman–Crippen LogP) is 6.07. The van der Waals surface area contributed by atoms with E-state index in [1.807, 2.05) is 54.6 Å². The van der Waals surface area contributed by atoms with Gasteiger partial charge in [-0.3, -0.25) is 4.79 Å². The molecule has 132 valence electrons. The number of carbonyl (C=O) groups is 1. The number of carbonyl (C=O) groups excluding carboxylic acids is 1. The van der Waals surface area contributed by atoms with Crippen LogP contribution in [0, 0.1) is 0 Å². The molecule has 3 nitrogen and oxygen atoms in total. The second-order valence-corrected chi connectivity index (χ2v) is 6.61. The van der Waals surface area contributed by atoms with Gasteiger partial charge in [0.05, 0.1) is 5.02 Å². The van der Waals surface area contributed by atoms with Crippen LogP contribution in [0.15, 0.2) is 72.8 Å². The van der Waals surface area contributed by atoms with E-state index >= 15 is 0 Å². The minimum atomic E-state index is -0.706. The molecule has 0 aliphatic heterocycles. The van der Waals surface area contributed by atoms with Gasteiger partial charge >= 0.3 is 0 Å². The monoisotopic (exact) mass is 385 g/mol. The summed E-state index contributed by atoms with van der Waals surface area (Å²) < 4.78 is 5.62. The Morgan fingerprint density at radius 1 is 0.923 bits per heavy atom. The molecule has 0 aromatic heterocycles. The molecule has 0 fully saturated rings. The average molecular weight is 386 g/mol. The van der Waals surface area contributed by atoms with Crippen molar-refractivity contribution in [3.8, 4) is 16.9 Å². The SMILES string of the molecule is C[C@@H](Oc1ccc(Cl)cc1Cl)C(=O)Nc1ccc(-c2ccccc2)cc1. The molecule has 1 N–H and O–H groups in total. The average Bonchev–Trinajstić information content (AvgIpc) is 2.65. The van der Waals surface area contributed by atoms with Crippen LogP contribution in [-0.2, 0) is 4.79 Å². The van der Waals surface area contributed by atoms with Gasteiger partial charge in [-0.1, -0.05) is 65.7 Å². The van der Waals surface area contributed by atoms with E-state index in [4.69, 9.17) is 27.9 Å². The summed E-state index contributed by atoms with van der Waals surface area (Å²) in [7, 11) is 0. The van der Waals surface area contributed by atoms with Crippen LogP contribution in [0.5, 0.6) is 5.75 Å². The van der Waals surface area contributed by atoms with Crippen molar-refractivity contribution >= 4 is 34.8 Å². The Bertz CT molecular complexity index is 896. The van der Waals surface area contributed by atoms with Crippen LogP contribution in [0.4, 0.5) is 5.69 Å². The lowest BCUT2D eigenvalue weighted by atomic mass is 10.1. The fraction of sp³-hybridized carbons (Fsp3) is 0.0952. The van der Waals surface area contributed by atoms with E-state index in [-0.39, 0.29) is 5.91 Å². The van der Waals surface area contributed by atoms with Gasteiger partial charge < -0.3 is 10.1 Å². The summed E-state index contributed by atoms with van der Waals surface area (Å²) in [6.07, 6.45) is -0.706. The second-order valence-electron chi connectivity index (χ2n) is 5.77. The van der Waals surface area contributed by atoms with Crippen LogP contribution in [-0.4, -0.2) is 12.0 Å². The lowest BCUT2D eigenvalue weighted by Gasteiger charge is -2.16. The number of nitrogens with one attached hydrogen (secondary N) is 1. The molecule has 0 heterocycles. The predicted molar refractivity (Wildman–Crippen MR) is 107 cm³/mol. The Labute approximate surface area is 162 Å². The first kappa shape index (κ1) is 18.3. The number of hydrogen-bond donors (Lipinski definition) is 1. The van der Waals surface area contributed by atoms with Gasteiger partial charge in [0.15, 0.2) is 6.10 Å². The number of benzene rings is 3. The molecule has 0 unspecified atom stereocenters. The summed E-state index contributed by atoms with van der Waals surface area (Å²) in [5.74, 6) is 0.154. The summed E-state index contributed by atoms with van der Waals surface area (Å²) in [4.78, 5) is 12.3. The quantitative estimate of drug-likeness (QED) is 0.578. The Hall–Kier alpha value is -2.49. The van der Waals surface area contributed by atoms with E-state index in [1.165, 1.54) is 0 Å². The number of rotatable bonds is 5. The molecule has 0 saturated carbocycles. The van der Waals surface area contributed by atoms with Gasteiger partial charge in [-0.15, -0.1) is 0 Å². The van der Waals surface area contributed by atoms with Crippen LogP contribution in [0.2, 0.25) is 10.0 Å². The van der Waals surface area contributed by atoms with Crippen LogP contribution < -0.4 is 10.1 Å². The summed E-state index contributed by atoms with van der Waals surface area (Å²) >= 11 is 11.9. The van der Waals surface area contributed by atoms with Crippen molar-refractivity contribution in [3.63, 3.8) is 0 Å². The third kappa shape index (κ3) is 4.57. The smallest absolute Gasteiger partial charge is 0.265 e. The highest BCUT2D eigenvalue weighted by atomic mass is 35.5. The molecule has 3 rings (SSSR count). The van der Waals surface area contributed by atoms with Gasteiger partial charge in [-0.2, -0.15) is 0 Å². The Balaban J connectivity index is 1.63. The van der Waals surface area contributed by atoms with Crippen molar-refractivity contribution in [3.05, 3.63) is 82.8 Å². The maximum Gasteiger partial charge on any atom is 0.265 e. The fourth-order valence-electron chi connectivity index (χ4n) is 2.44. The van der Waals surface area contributed by atoms with Crippen LogP contribution >= 0.6 is 23.2 Å². The highest BCUT2D eigenvalue weighted by Crippen LogP contribution is 2.28. The van der Waals surface area contributed by atoms with E-state index in [2.05, 4.69) is 5.32 Å². The molecule has 5 heteroatoms. The molecular formula is C21H17Cl2NO2. The zero-order valence-corrected chi connectivity index (χ0v) is 15.6. The van der Waals surface area contributed by atoms with Crippen molar-refractivity contribution in [1.29, 1.82) is 0 Å². The largest absolute Gasteiger partial charge is 0.479 e. The topological polar surface area (TPSA) is 38.3 Å². The van der Waals surface area contributed by atoms with E-state index in [0.29, 0.717) is 21.5 Å². The maximum atomic E-state index is 12.3. The minimum Gasteiger partial charge on any atom is -0.479 e. The van der Waals surface area contributed by atoms with Crippen LogP contribution in [0.25, 0.3) is 11.1 Å². The fourth-order valence-corrected chi connectivity index (χ4v) is 2.89. The Kier molecular flexibility index (Phi) is 5.82. The maximum absolute atomic E-state index is 12.3. The van der Waals surface area contributed by atoms with Gasteiger partial charge in [-0.25, -0.2) is 0 Å². The van der Waals surface area contributed by atoms with E-state index < -0.39 is 6.10 Å². The molecule has 0 radical (unpaired) electrons. The lowest BCUT2D eigenvalue weighted by molar-refractivity contribution is -0.122. The molecule has 0 saturated heterocycles. The lowest BCUT2D eigenvalue weighted by Crippen LogP contribution is -2.30. The number of halogens is 2. The normalized spacial score (nSPS) is 11.7. The standard InChI is InChI=1S/C21H17Cl2NO2/c1-14(26-20-12-9-17(22)13-19(20)23)21(25)24-18-10-7-16(8-11-18)15-5-3-2-4-6-15/h2-14H,1H3,(H,24,25)/t14-/m1/s1. The molecule has 0 bridgehead atoms. The van der Waals surface area contributed by atoms with E-state index in [0.717, 1.165) is 11.1 Å². The molecule has 3 aromatic rings. The van der Waals surface area contributed by atoms with Crippen molar-refractivity contribution < 1.29 is 9.53 Å². The molecule has 0 aliphatic rings. The highest BCUT2D eigenvalue weighted by Gasteiger charge is 2.16. The molecule has 1 amide bonds.